The molecule has 0 spiro atoms. The first-order valence-electron chi connectivity index (χ1n) is 6.73. The number of carbonyl (C=O) groups is 1. The van der Waals surface area contributed by atoms with Crippen LogP contribution in [0, 0.1) is 0 Å². The van der Waals surface area contributed by atoms with Crippen molar-refractivity contribution in [3.8, 4) is 0 Å². The van der Waals surface area contributed by atoms with Crippen LogP contribution in [0.15, 0.2) is 0 Å². The number of carbonyl (C=O) groups excluding carboxylic acids is 1. The van der Waals surface area contributed by atoms with Gasteiger partial charge in [0.2, 0.25) is 0 Å². The lowest BCUT2D eigenvalue weighted by Crippen LogP contribution is -2.29. The highest BCUT2D eigenvalue weighted by Gasteiger charge is 2.26. The minimum absolute atomic E-state index is 0.0120. The minimum atomic E-state index is 0.0120. The van der Waals surface area contributed by atoms with Crippen LogP contribution in [0.3, 0.4) is 0 Å². The topological polar surface area (TPSA) is 29.5 Å². The summed E-state index contributed by atoms with van der Waals surface area (Å²) in [5, 5.41) is 0.359. The molecule has 1 heterocycles. The zero-order valence-electron chi connectivity index (χ0n) is 10.7. The Hall–Kier alpha value is -0.640. The predicted molar refractivity (Wildman–Crippen MR) is 72.9 cm³/mol. The Bertz CT molecular complexity index is 240. The molecular weight excluding hydrogens is 234 g/mol. The Kier molecular flexibility index (Phi) is 7.17. The Morgan fingerprint density at radius 1 is 1.12 bits per heavy atom. The number of amides is 1. The summed E-state index contributed by atoms with van der Waals surface area (Å²) >= 11 is 4.95. The van der Waals surface area contributed by atoms with Gasteiger partial charge >= 0.3 is 0 Å². The van der Waals surface area contributed by atoms with Crippen molar-refractivity contribution in [2.45, 2.75) is 58.3 Å². The number of ether oxygens (including phenoxy) is 1. The van der Waals surface area contributed by atoms with Crippen LogP contribution in [0.25, 0.3) is 0 Å². The number of hydrogen-bond acceptors (Lipinski definition) is 3. The van der Waals surface area contributed by atoms with E-state index in [4.69, 9.17) is 17.0 Å². The molecule has 0 aromatic carbocycles. The molecule has 1 rings (SSSR count). The van der Waals surface area contributed by atoms with Gasteiger partial charge in [0.15, 0.2) is 6.61 Å². The highest BCUT2D eigenvalue weighted by molar-refractivity contribution is 7.80. The van der Waals surface area contributed by atoms with Gasteiger partial charge in [0.05, 0.1) is 0 Å². The summed E-state index contributed by atoms with van der Waals surface area (Å²) < 4.78 is 5.01. The predicted octanol–water partition coefficient (Wildman–Crippen LogP) is 3.27. The molecule has 0 atom stereocenters. The van der Waals surface area contributed by atoms with Crippen molar-refractivity contribution in [1.29, 1.82) is 0 Å². The largest absolute Gasteiger partial charge is 0.460 e. The van der Waals surface area contributed by atoms with Crippen LogP contribution in [0.1, 0.15) is 58.3 Å². The number of thiocarbonyl (C=S) groups is 1. The molecule has 4 heteroatoms. The molecule has 0 bridgehead atoms. The second-order valence-corrected chi connectivity index (χ2v) is 4.92. The summed E-state index contributed by atoms with van der Waals surface area (Å²) in [6.07, 6.45) is 10.1. The van der Waals surface area contributed by atoms with E-state index >= 15 is 0 Å². The lowest BCUT2D eigenvalue weighted by Gasteiger charge is -2.12. The third-order valence-corrected chi connectivity index (χ3v) is 3.41. The number of unbranched alkanes of at least 4 members (excludes halogenated alkanes) is 7. The van der Waals surface area contributed by atoms with E-state index in [1.54, 1.807) is 4.90 Å². The third kappa shape index (κ3) is 5.48. The van der Waals surface area contributed by atoms with Crippen LogP contribution in [0.2, 0.25) is 0 Å². The van der Waals surface area contributed by atoms with Gasteiger partial charge in [-0.05, 0) is 18.6 Å². The fourth-order valence-electron chi connectivity index (χ4n) is 2.00. The quantitative estimate of drug-likeness (QED) is 0.469. The molecule has 1 saturated heterocycles. The molecular formula is C13H23NO2S. The first-order chi connectivity index (χ1) is 8.25. The summed E-state index contributed by atoms with van der Waals surface area (Å²) in [4.78, 5) is 12.9. The maximum atomic E-state index is 11.3. The lowest BCUT2D eigenvalue weighted by molar-refractivity contribution is -0.125. The zero-order chi connectivity index (χ0) is 12.5. The third-order valence-electron chi connectivity index (χ3n) is 3.08. The molecule has 0 N–H and O–H groups in total. The van der Waals surface area contributed by atoms with Gasteiger partial charge < -0.3 is 4.74 Å². The molecule has 1 amide bonds. The fraction of sp³-hybridized carbons (Fsp3) is 0.846. The first-order valence-corrected chi connectivity index (χ1v) is 7.13. The highest BCUT2D eigenvalue weighted by Crippen LogP contribution is 2.11. The second-order valence-electron chi connectivity index (χ2n) is 4.57. The maximum absolute atomic E-state index is 11.3. The minimum Gasteiger partial charge on any atom is -0.460 e. The molecule has 0 saturated carbocycles. The molecule has 0 aliphatic carbocycles. The Balaban J connectivity index is 1.93. The van der Waals surface area contributed by atoms with E-state index in [9.17, 15) is 4.79 Å². The van der Waals surface area contributed by atoms with Gasteiger partial charge in [-0.2, -0.15) is 0 Å². The van der Waals surface area contributed by atoms with Crippen LogP contribution in [0.5, 0.6) is 0 Å². The average molecular weight is 257 g/mol. The summed E-state index contributed by atoms with van der Waals surface area (Å²) in [6, 6.07) is 0. The van der Waals surface area contributed by atoms with Crippen LogP contribution in [-0.2, 0) is 9.53 Å². The van der Waals surface area contributed by atoms with E-state index in [-0.39, 0.29) is 12.5 Å². The lowest BCUT2D eigenvalue weighted by atomic mass is 10.1. The maximum Gasteiger partial charge on any atom is 0.267 e. The summed E-state index contributed by atoms with van der Waals surface area (Å²) in [5.74, 6) is 0.0120. The van der Waals surface area contributed by atoms with E-state index in [0.29, 0.717) is 5.17 Å². The monoisotopic (exact) mass is 257 g/mol. The van der Waals surface area contributed by atoms with Gasteiger partial charge in [-0.1, -0.05) is 51.9 Å². The first kappa shape index (κ1) is 14.4. The van der Waals surface area contributed by atoms with Crippen molar-refractivity contribution in [1.82, 2.24) is 4.90 Å². The van der Waals surface area contributed by atoms with Crippen LogP contribution < -0.4 is 0 Å². The van der Waals surface area contributed by atoms with Gasteiger partial charge in [0.25, 0.3) is 11.1 Å². The smallest absolute Gasteiger partial charge is 0.267 e. The average Bonchev–Trinajstić information content (AvgIpc) is 2.63. The zero-order valence-corrected chi connectivity index (χ0v) is 11.6. The van der Waals surface area contributed by atoms with Crippen molar-refractivity contribution in [2.24, 2.45) is 0 Å². The van der Waals surface area contributed by atoms with Gasteiger partial charge in [-0.25, -0.2) is 0 Å². The number of hydrogen-bond donors (Lipinski definition) is 0. The summed E-state index contributed by atoms with van der Waals surface area (Å²) in [6.45, 7) is 3.10. The molecule has 1 aliphatic rings. The van der Waals surface area contributed by atoms with Crippen LogP contribution in [-0.4, -0.2) is 29.1 Å². The van der Waals surface area contributed by atoms with E-state index in [1.807, 2.05) is 0 Å². The summed E-state index contributed by atoms with van der Waals surface area (Å²) in [5.41, 5.74) is 0. The summed E-state index contributed by atoms with van der Waals surface area (Å²) in [7, 11) is 0. The van der Waals surface area contributed by atoms with Gasteiger partial charge in [-0.3, -0.25) is 9.69 Å². The molecule has 17 heavy (non-hydrogen) atoms. The molecule has 0 unspecified atom stereocenters. The molecule has 1 aliphatic heterocycles. The molecule has 0 aromatic heterocycles. The highest BCUT2D eigenvalue weighted by atomic mass is 32.1. The van der Waals surface area contributed by atoms with Crippen LogP contribution in [0.4, 0.5) is 0 Å². The Morgan fingerprint density at radius 2 is 1.71 bits per heavy atom. The van der Waals surface area contributed by atoms with Crippen LogP contribution >= 0.6 is 12.2 Å². The van der Waals surface area contributed by atoms with Gasteiger partial charge in [0, 0.05) is 6.54 Å². The van der Waals surface area contributed by atoms with E-state index < -0.39 is 0 Å². The van der Waals surface area contributed by atoms with Crippen molar-refractivity contribution < 1.29 is 9.53 Å². The van der Waals surface area contributed by atoms with E-state index in [0.717, 1.165) is 13.0 Å². The standard InChI is InChI=1S/C13H23NO2S/c1-2-3-4-5-6-7-8-9-10-14-12(15)11-16-13(14)17/h2-11H2,1H3. The molecule has 98 valence electrons. The van der Waals surface area contributed by atoms with Gasteiger partial charge in [0.1, 0.15) is 0 Å². The molecule has 3 nitrogen and oxygen atoms in total. The SMILES string of the molecule is CCCCCCCCCCN1C(=O)COC1=S. The van der Waals surface area contributed by atoms with Crippen molar-refractivity contribution in [2.75, 3.05) is 13.2 Å². The van der Waals surface area contributed by atoms with E-state index in [1.165, 1.54) is 44.9 Å². The Morgan fingerprint density at radius 3 is 2.24 bits per heavy atom. The fourth-order valence-corrected chi connectivity index (χ4v) is 2.25. The normalized spacial score (nSPS) is 15.5. The Labute approximate surface area is 110 Å². The van der Waals surface area contributed by atoms with Crippen molar-refractivity contribution >= 4 is 23.3 Å². The second kappa shape index (κ2) is 8.45. The van der Waals surface area contributed by atoms with Gasteiger partial charge in [-0.15, -0.1) is 0 Å². The molecule has 0 aromatic rings. The number of nitrogens with zero attached hydrogens (tertiary/aromatic N) is 1. The molecule has 1 fully saturated rings. The van der Waals surface area contributed by atoms with Crippen molar-refractivity contribution in [3.05, 3.63) is 0 Å². The molecule has 0 radical (unpaired) electrons. The number of rotatable bonds is 9. The van der Waals surface area contributed by atoms with E-state index in [2.05, 4.69) is 6.92 Å². The van der Waals surface area contributed by atoms with Crippen molar-refractivity contribution in [3.63, 3.8) is 0 Å².